The molecule has 1 fully saturated rings. The van der Waals surface area contributed by atoms with Crippen LogP contribution in [-0.2, 0) is 11.2 Å². The minimum atomic E-state index is 0.139. The summed E-state index contributed by atoms with van der Waals surface area (Å²) >= 11 is 7.79. The molecule has 2 aromatic carbocycles. The maximum Gasteiger partial charge on any atom is 0.228 e. The minimum absolute atomic E-state index is 0.139. The molecule has 144 valence electrons. The highest BCUT2D eigenvalue weighted by molar-refractivity contribution is 7.13. The molecule has 1 aromatic heterocycles. The molecule has 0 unspecified atom stereocenters. The Labute approximate surface area is 174 Å². The fourth-order valence-electron chi connectivity index (χ4n) is 3.45. The van der Waals surface area contributed by atoms with Gasteiger partial charge in [-0.05, 0) is 30.7 Å². The highest BCUT2D eigenvalue weighted by atomic mass is 35.5. The van der Waals surface area contributed by atoms with Gasteiger partial charge in [-0.25, -0.2) is 4.98 Å². The van der Waals surface area contributed by atoms with Gasteiger partial charge in [0, 0.05) is 42.8 Å². The lowest BCUT2D eigenvalue weighted by molar-refractivity contribution is -0.130. The summed E-state index contributed by atoms with van der Waals surface area (Å²) < 4.78 is 0. The topological polar surface area (TPSA) is 36.4 Å². The first-order valence-corrected chi connectivity index (χ1v) is 10.6. The van der Waals surface area contributed by atoms with Gasteiger partial charge in [-0.3, -0.25) is 4.79 Å². The molecule has 6 heteroatoms. The van der Waals surface area contributed by atoms with E-state index in [1.54, 1.807) is 0 Å². The van der Waals surface area contributed by atoms with Crippen LogP contribution < -0.4 is 4.90 Å². The lowest BCUT2D eigenvalue weighted by Gasteiger charge is -2.36. The predicted molar refractivity (Wildman–Crippen MR) is 116 cm³/mol. The number of aromatic nitrogens is 1. The Morgan fingerprint density at radius 3 is 2.64 bits per heavy atom. The fourth-order valence-corrected chi connectivity index (χ4v) is 4.59. The van der Waals surface area contributed by atoms with Crippen LogP contribution in [0.25, 0.3) is 10.6 Å². The van der Waals surface area contributed by atoms with Crippen LogP contribution in [0.2, 0.25) is 5.02 Å². The van der Waals surface area contributed by atoms with Crippen molar-refractivity contribution in [2.75, 3.05) is 31.1 Å². The molecule has 3 aromatic rings. The van der Waals surface area contributed by atoms with Crippen molar-refractivity contribution in [2.24, 2.45) is 0 Å². The van der Waals surface area contributed by atoms with Crippen LogP contribution in [0.5, 0.6) is 0 Å². The van der Waals surface area contributed by atoms with Gasteiger partial charge in [0.15, 0.2) is 0 Å². The van der Waals surface area contributed by atoms with Crippen molar-refractivity contribution in [2.45, 2.75) is 13.3 Å². The Balaban J connectivity index is 1.36. The standard InChI is InChI=1S/C22H22ClN3OS/c1-16-5-4-6-18(13-16)25-9-11-26(12-10-25)21(27)14-17-15-28-22(24-17)19-7-2-3-8-20(19)23/h2-8,13,15H,9-12,14H2,1H3. The van der Waals surface area contributed by atoms with Gasteiger partial charge in [-0.15, -0.1) is 11.3 Å². The Hall–Kier alpha value is -2.37. The van der Waals surface area contributed by atoms with Crippen molar-refractivity contribution in [3.63, 3.8) is 0 Å². The van der Waals surface area contributed by atoms with Gasteiger partial charge in [0.2, 0.25) is 5.91 Å². The number of rotatable bonds is 4. The third-order valence-corrected chi connectivity index (χ3v) is 6.24. The van der Waals surface area contributed by atoms with Crippen LogP contribution in [0.15, 0.2) is 53.9 Å². The molecule has 0 atom stereocenters. The largest absolute Gasteiger partial charge is 0.368 e. The summed E-state index contributed by atoms with van der Waals surface area (Å²) in [5, 5.41) is 3.50. The molecular weight excluding hydrogens is 390 g/mol. The number of amides is 1. The molecule has 1 saturated heterocycles. The Bertz CT molecular complexity index is 979. The van der Waals surface area contributed by atoms with Crippen LogP contribution in [0.3, 0.4) is 0 Å². The van der Waals surface area contributed by atoms with Crippen LogP contribution in [0, 0.1) is 6.92 Å². The summed E-state index contributed by atoms with van der Waals surface area (Å²) in [6.45, 7) is 5.31. The van der Waals surface area contributed by atoms with Crippen LogP contribution >= 0.6 is 22.9 Å². The van der Waals surface area contributed by atoms with Gasteiger partial charge >= 0.3 is 0 Å². The first-order chi connectivity index (χ1) is 13.6. The third kappa shape index (κ3) is 4.21. The summed E-state index contributed by atoms with van der Waals surface area (Å²) in [6.07, 6.45) is 0.339. The monoisotopic (exact) mass is 411 g/mol. The Morgan fingerprint density at radius 1 is 1.11 bits per heavy atom. The molecule has 0 radical (unpaired) electrons. The van der Waals surface area contributed by atoms with Crippen molar-refractivity contribution in [3.8, 4) is 10.6 Å². The van der Waals surface area contributed by atoms with E-state index in [0.717, 1.165) is 42.4 Å². The van der Waals surface area contributed by atoms with Crippen molar-refractivity contribution < 1.29 is 4.79 Å². The summed E-state index contributed by atoms with van der Waals surface area (Å²) in [5.74, 6) is 0.139. The van der Waals surface area contributed by atoms with Gasteiger partial charge < -0.3 is 9.80 Å². The van der Waals surface area contributed by atoms with E-state index in [1.165, 1.54) is 22.6 Å². The lowest BCUT2D eigenvalue weighted by atomic mass is 10.2. The second kappa shape index (κ2) is 8.33. The molecule has 1 amide bonds. The molecule has 2 heterocycles. The number of hydrogen-bond donors (Lipinski definition) is 0. The van der Waals surface area contributed by atoms with Crippen molar-refractivity contribution >= 4 is 34.5 Å². The summed E-state index contributed by atoms with van der Waals surface area (Å²) in [7, 11) is 0. The lowest BCUT2D eigenvalue weighted by Crippen LogP contribution is -2.49. The maximum atomic E-state index is 12.7. The van der Waals surface area contributed by atoms with E-state index >= 15 is 0 Å². The first kappa shape index (κ1) is 19.0. The molecule has 28 heavy (non-hydrogen) atoms. The molecule has 0 N–H and O–H groups in total. The van der Waals surface area contributed by atoms with E-state index in [0.29, 0.717) is 11.4 Å². The van der Waals surface area contributed by atoms with Crippen LogP contribution in [0.4, 0.5) is 5.69 Å². The number of thiazole rings is 1. The van der Waals surface area contributed by atoms with E-state index < -0.39 is 0 Å². The van der Waals surface area contributed by atoms with Gasteiger partial charge in [-0.1, -0.05) is 41.9 Å². The number of hydrogen-bond acceptors (Lipinski definition) is 4. The average molecular weight is 412 g/mol. The molecule has 1 aliphatic rings. The number of carbonyl (C=O) groups is 1. The number of anilines is 1. The Morgan fingerprint density at radius 2 is 1.89 bits per heavy atom. The zero-order chi connectivity index (χ0) is 19.5. The quantitative estimate of drug-likeness (QED) is 0.626. The molecule has 4 rings (SSSR count). The number of aryl methyl sites for hydroxylation is 1. The van der Waals surface area contributed by atoms with Gasteiger partial charge in [0.1, 0.15) is 5.01 Å². The average Bonchev–Trinajstić information content (AvgIpc) is 3.16. The van der Waals surface area contributed by atoms with E-state index in [9.17, 15) is 4.79 Å². The fraction of sp³-hybridized carbons (Fsp3) is 0.273. The molecule has 0 saturated carbocycles. The summed E-state index contributed by atoms with van der Waals surface area (Å²) in [5.41, 5.74) is 4.22. The zero-order valence-electron chi connectivity index (χ0n) is 15.8. The second-order valence-electron chi connectivity index (χ2n) is 7.01. The van der Waals surface area contributed by atoms with Gasteiger partial charge in [0.05, 0.1) is 17.1 Å². The SMILES string of the molecule is Cc1cccc(N2CCN(C(=O)Cc3csc(-c4ccccc4Cl)n3)CC2)c1. The Kier molecular flexibility index (Phi) is 5.64. The van der Waals surface area contributed by atoms with Gasteiger partial charge in [-0.2, -0.15) is 0 Å². The third-order valence-electron chi connectivity index (χ3n) is 4.99. The molecule has 4 nitrogen and oxygen atoms in total. The number of nitrogens with zero attached hydrogens (tertiary/aromatic N) is 3. The highest BCUT2D eigenvalue weighted by Crippen LogP contribution is 2.30. The first-order valence-electron chi connectivity index (χ1n) is 9.39. The number of benzene rings is 2. The van der Waals surface area contributed by atoms with Crippen molar-refractivity contribution in [1.29, 1.82) is 0 Å². The zero-order valence-corrected chi connectivity index (χ0v) is 17.3. The molecular formula is C22H22ClN3OS. The second-order valence-corrected chi connectivity index (χ2v) is 8.27. The van der Waals surface area contributed by atoms with Gasteiger partial charge in [0.25, 0.3) is 0 Å². The maximum absolute atomic E-state index is 12.7. The highest BCUT2D eigenvalue weighted by Gasteiger charge is 2.22. The van der Waals surface area contributed by atoms with E-state index in [-0.39, 0.29) is 5.91 Å². The smallest absolute Gasteiger partial charge is 0.228 e. The molecule has 0 spiro atoms. The summed E-state index contributed by atoms with van der Waals surface area (Å²) in [4.78, 5) is 21.6. The molecule has 0 bridgehead atoms. The molecule has 1 aliphatic heterocycles. The van der Waals surface area contributed by atoms with E-state index in [4.69, 9.17) is 11.6 Å². The molecule has 0 aliphatic carbocycles. The van der Waals surface area contributed by atoms with Crippen molar-refractivity contribution in [1.82, 2.24) is 9.88 Å². The number of halogens is 1. The van der Waals surface area contributed by atoms with Crippen LogP contribution in [-0.4, -0.2) is 42.0 Å². The normalized spacial score (nSPS) is 14.4. The summed E-state index contributed by atoms with van der Waals surface area (Å²) in [6, 6.07) is 16.2. The van der Waals surface area contributed by atoms with E-state index in [1.807, 2.05) is 34.5 Å². The minimum Gasteiger partial charge on any atom is -0.368 e. The number of piperazine rings is 1. The predicted octanol–water partition coefficient (Wildman–Crippen LogP) is 4.66. The number of carbonyl (C=O) groups excluding carboxylic acids is 1. The van der Waals surface area contributed by atoms with Crippen LogP contribution in [0.1, 0.15) is 11.3 Å². The van der Waals surface area contributed by atoms with E-state index in [2.05, 4.69) is 41.1 Å². The van der Waals surface area contributed by atoms with Crippen molar-refractivity contribution in [3.05, 3.63) is 70.2 Å².